The Kier molecular flexibility index (Phi) is 5.08. The molecule has 6 nitrogen and oxygen atoms in total. The molecule has 18 heavy (non-hydrogen) atoms. The SMILES string of the molecule is CCC(NC(=O)N(C)Cc1scnc1C)C(=O)O. The van der Waals surface area contributed by atoms with Crippen LogP contribution in [-0.2, 0) is 11.3 Å². The van der Waals surface area contributed by atoms with E-state index in [1.165, 1.54) is 16.2 Å². The highest BCUT2D eigenvalue weighted by Gasteiger charge is 2.20. The van der Waals surface area contributed by atoms with Gasteiger partial charge in [0.1, 0.15) is 6.04 Å². The first-order valence-electron chi connectivity index (χ1n) is 5.59. The minimum absolute atomic E-state index is 0.356. The average Bonchev–Trinajstić information content (AvgIpc) is 2.71. The van der Waals surface area contributed by atoms with E-state index < -0.39 is 18.0 Å². The summed E-state index contributed by atoms with van der Waals surface area (Å²) in [6.07, 6.45) is 0.356. The summed E-state index contributed by atoms with van der Waals surface area (Å²) in [6.45, 7) is 4.02. The summed E-state index contributed by atoms with van der Waals surface area (Å²) in [6, 6.07) is -1.24. The van der Waals surface area contributed by atoms with Crippen LogP contribution in [0.2, 0.25) is 0 Å². The van der Waals surface area contributed by atoms with E-state index in [4.69, 9.17) is 5.11 Å². The van der Waals surface area contributed by atoms with Crippen molar-refractivity contribution in [2.75, 3.05) is 7.05 Å². The molecule has 1 aromatic heterocycles. The minimum Gasteiger partial charge on any atom is -0.480 e. The van der Waals surface area contributed by atoms with Gasteiger partial charge in [-0.15, -0.1) is 11.3 Å². The molecule has 1 aromatic rings. The Hall–Kier alpha value is -1.63. The van der Waals surface area contributed by atoms with Crippen molar-refractivity contribution < 1.29 is 14.7 Å². The van der Waals surface area contributed by atoms with Gasteiger partial charge in [-0.25, -0.2) is 14.6 Å². The number of carboxylic acid groups (broad SMARTS) is 1. The third-order valence-corrected chi connectivity index (χ3v) is 3.50. The summed E-state index contributed by atoms with van der Waals surface area (Å²) < 4.78 is 0. The van der Waals surface area contributed by atoms with Gasteiger partial charge in [-0.1, -0.05) is 6.92 Å². The van der Waals surface area contributed by atoms with Crippen LogP contribution < -0.4 is 5.32 Å². The first-order valence-corrected chi connectivity index (χ1v) is 6.47. The second-order valence-corrected chi connectivity index (χ2v) is 4.90. The van der Waals surface area contributed by atoms with Crippen LogP contribution in [0.25, 0.3) is 0 Å². The summed E-state index contributed by atoms with van der Waals surface area (Å²) in [5.74, 6) is -1.02. The number of aromatic nitrogens is 1. The topological polar surface area (TPSA) is 82.5 Å². The Morgan fingerprint density at radius 2 is 2.28 bits per heavy atom. The van der Waals surface area contributed by atoms with Crippen LogP contribution in [0, 0.1) is 6.92 Å². The van der Waals surface area contributed by atoms with E-state index in [-0.39, 0.29) is 0 Å². The summed E-state index contributed by atoms with van der Waals surface area (Å²) in [7, 11) is 1.63. The van der Waals surface area contributed by atoms with Crippen LogP contribution in [0.15, 0.2) is 5.51 Å². The first kappa shape index (κ1) is 14.4. The van der Waals surface area contributed by atoms with Crippen molar-refractivity contribution >= 4 is 23.3 Å². The van der Waals surface area contributed by atoms with Crippen LogP contribution in [-0.4, -0.2) is 40.1 Å². The second kappa shape index (κ2) is 6.34. The molecule has 1 unspecified atom stereocenters. The largest absolute Gasteiger partial charge is 0.480 e. The van der Waals surface area contributed by atoms with Gasteiger partial charge in [0.15, 0.2) is 0 Å². The van der Waals surface area contributed by atoms with Gasteiger partial charge < -0.3 is 15.3 Å². The van der Waals surface area contributed by atoms with Crippen molar-refractivity contribution in [2.45, 2.75) is 32.9 Å². The molecule has 0 aliphatic carbocycles. The van der Waals surface area contributed by atoms with E-state index in [0.717, 1.165) is 10.6 Å². The molecular formula is C11H17N3O3S. The maximum atomic E-state index is 11.8. The predicted octanol–water partition coefficient (Wildman–Crippen LogP) is 1.46. The number of aliphatic carboxylic acids is 1. The average molecular weight is 271 g/mol. The Bertz CT molecular complexity index is 433. The van der Waals surface area contributed by atoms with Gasteiger partial charge in [-0.3, -0.25) is 0 Å². The van der Waals surface area contributed by atoms with Crippen molar-refractivity contribution in [3.63, 3.8) is 0 Å². The molecule has 0 fully saturated rings. The lowest BCUT2D eigenvalue weighted by molar-refractivity contribution is -0.139. The zero-order valence-electron chi connectivity index (χ0n) is 10.6. The van der Waals surface area contributed by atoms with Gasteiger partial charge in [0, 0.05) is 11.9 Å². The number of amides is 2. The van der Waals surface area contributed by atoms with Crippen LogP contribution in [0.4, 0.5) is 4.79 Å². The lowest BCUT2D eigenvalue weighted by atomic mass is 10.2. The quantitative estimate of drug-likeness (QED) is 0.849. The van der Waals surface area contributed by atoms with E-state index in [1.807, 2.05) is 6.92 Å². The van der Waals surface area contributed by atoms with Gasteiger partial charge >= 0.3 is 12.0 Å². The maximum Gasteiger partial charge on any atom is 0.326 e. The van der Waals surface area contributed by atoms with E-state index in [1.54, 1.807) is 19.5 Å². The number of aryl methyl sites for hydroxylation is 1. The second-order valence-electron chi connectivity index (χ2n) is 3.97. The molecule has 1 rings (SSSR count). The molecule has 0 saturated carbocycles. The number of carbonyl (C=O) groups is 2. The number of urea groups is 1. The van der Waals surface area contributed by atoms with Crippen LogP contribution in [0.5, 0.6) is 0 Å². The Morgan fingerprint density at radius 3 is 2.72 bits per heavy atom. The molecule has 0 aromatic carbocycles. The molecule has 2 amide bonds. The molecule has 0 radical (unpaired) electrons. The highest BCUT2D eigenvalue weighted by Crippen LogP contribution is 2.14. The maximum absolute atomic E-state index is 11.8. The number of nitrogens with one attached hydrogen (secondary N) is 1. The first-order chi connectivity index (χ1) is 8.45. The smallest absolute Gasteiger partial charge is 0.326 e. The van der Waals surface area contributed by atoms with E-state index >= 15 is 0 Å². The Balaban J connectivity index is 2.56. The van der Waals surface area contributed by atoms with Gasteiger partial charge in [-0.2, -0.15) is 0 Å². The van der Waals surface area contributed by atoms with Crippen molar-refractivity contribution in [3.8, 4) is 0 Å². The number of nitrogens with zero attached hydrogens (tertiary/aromatic N) is 2. The normalized spacial score (nSPS) is 11.9. The van der Waals surface area contributed by atoms with Gasteiger partial charge in [0.2, 0.25) is 0 Å². The van der Waals surface area contributed by atoms with Gasteiger partial charge in [0.05, 0.1) is 17.7 Å². The number of hydrogen-bond donors (Lipinski definition) is 2. The summed E-state index contributed by atoms with van der Waals surface area (Å²) in [5.41, 5.74) is 2.62. The molecule has 0 aliphatic heterocycles. The zero-order valence-corrected chi connectivity index (χ0v) is 11.5. The van der Waals surface area contributed by atoms with Crippen molar-refractivity contribution in [3.05, 3.63) is 16.1 Å². The van der Waals surface area contributed by atoms with Crippen molar-refractivity contribution in [1.29, 1.82) is 0 Å². The Labute approximate surface area is 110 Å². The van der Waals surface area contributed by atoms with Crippen molar-refractivity contribution in [2.24, 2.45) is 0 Å². The molecule has 2 N–H and O–H groups in total. The molecule has 1 heterocycles. The summed E-state index contributed by atoms with van der Waals surface area (Å²) in [5, 5.41) is 11.3. The van der Waals surface area contributed by atoms with Crippen LogP contribution in [0.1, 0.15) is 23.9 Å². The van der Waals surface area contributed by atoms with Crippen LogP contribution in [0.3, 0.4) is 0 Å². The number of carbonyl (C=O) groups excluding carboxylic acids is 1. The van der Waals surface area contributed by atoms with Crippen molar-refractivity contribution in [1.82, 2.24) is 15.2 Å². The number of rotatable bonds is 5. The molecule has 0 bridgehead atoms. The number of thiazole rings is 1. The third kappa shape index (κ3) is 3.69. The number of carboxylic acids is 1. The molecule has 0 saturated heterocycles. The standard InChI is InChI=1S/C11H17N3O3S/c1-4-8(10(15)16)13-11(17)14(3)5-9-7(2)12-6-18-9/h6,8H,4-5H2,1-3H3,(H,13,17)(H,15,16). The molecule has 7 heteroatoms. The lowest BCUT2D eigenvalue weighted by Gasteiger charge is -2.20. The van der Waals surface area contributed by atoms with Gasteiger partial charge in [-0.05, 0) is 13.3 Å². The van der Waals surface area contributed by atoms with Gasteiger partial charge in [0.25, 0.3) is 0 Å². The van der Waals surface area contributed by atoms with E-state index in [2.05, 4.69) is 10.3 Å². The molecule has 100 valence electrons. The monoisotopic (exact) mass is 271 g/mol. The number of hydrogen-bond acceptors (Lipinski definition) is 4. The molecule has 0 aliphatic rings. The fourth-order valence-electron chi connectivity index (χ4n) is 1.36. The summed E-state index contributed by atoms with van der Waals surface area (Å²) >= 11 is 1.48. The fraction of sp³-hybridized carbons (Fsp3) is 0.545. The van der Waals surface area contributed by atoms with Crippen LogP contribution >= 0.6 is 11.3 Å². The highest BCUT2D eigenvalue weighted by atomic mass is 32.1. The third-order valence-electron chi connectivity index (χ3n) is 2.58. The Morgan fingerprint density at radius 1 is 1.61 bits per heavy atom. The van der Waals surface area contributed by atoms with E-state index in [9.17, 15) is 9.59 Å². The highest BCUT2D eigenvalue weighted by molar-refractivity contribution is 7.09. The summed E-state index contributed by atoms with van der Waals surface area (Å²) in [4.78, 5) is 29.2. The predicted molar refractivity (Wildman–Crippen MR) is 68.6 cm³/mol. The fourth-order valence-corrected chi connectivity index (χ4v) is 2.19. The van der Waals surface area contributed by atoms with E-state index in [0.29, 0.717) is 13.0 Å². The minimum atomic E-state index is -1.02. The zero-order chi connectivity index (χ0) is 13.7. The lowest BCUT2D eigenvalue weighted by Crippen LogP contribution is -2.46. The molecule has 1 atom stereocenters. The molecule has 0 spiro atoms. The molecular weight excluding hydrogens is 254 g/mol.